The lowest BCUT2D eigenvalue weighted by Crippen LogP contribution is -2.14. The molecule has 0 aliphatic carbocycles. The summed E-state index contributed by atoms with van der Waals surface area (Å²) in [5.74, 6) is -1.29. The van der Waals surface area contributed by atoms with E-state index in [1.807, 2.05) is 0 Å². The van der Waals surface area contributed by atoms with Crippen molar-refractivity contribution < 1.29 is 23.1 Å². The van der Waals surface area contributed by atoms with Crippen LogP contribution in [0.2, 0.25) is 5.02 Å². The highest BCUT2D eigenvalue weighted by Crippen LogP contribution is 2.33. The fraction of sp³-hybridized carbons (Fsp3) is 0.100. The van der Waals surface area contributed by atoms with Crippen LogP contribution in [0.5, 0.6) is 0 Å². The highest BCUT2D eigenvalue weighted by Gasteiger charge is 2.25. The average molecular weight is 446 g/mol. The van der Waals surface area contributed by atoms with E-state index in [0.29, 0.717) is 28.2 Å². The maximum absolute atomic E-state index is 12.9. The van der Waals surface area contributed by atoms with E-state index in [1.165, 1.54) is 28.8 Å². The van der Waals surface area contributed by atoms with Crippen LogP contribution in [0.4, 0.5) is 11.4 Å². The minimum Gasteiger partial charge on any atom is -0.477 e. The number of fused-ring (bicyclic) bond motifs is 1. The van der Waals surface area contributed by atoms with E-state index in [1.54, 1.807) is 31.3 Å². The number of carboxylic acid groups (broad SMARTS) is 1. The lowest BCUT2D eigenvalue weighted by atomic mass is 10.1. The summed E-state index contributed by atoms with van der Waals surface area (Å²) in [5, 5.41) is 11.9. The predicted octanol–water partition coefficient (Wildman–Crippen LogP) is 3.43. The molecule has 0 atom stereocenters. The summed E-state index contributed by atoms with van der Waals surface area (Å²) in [6.07, 6.45) is 1.71. The topological polar surface area (TPSA) is 118 Å². The van der Waals surface area contributed by atoms with Crippen molar-refractivity contribution in [3.8, 4) is 5.69 Å². The first-order chi connectivity index (χ1) is 14.2. The predicted molar refractivity (Wildman–Crippen MR) is 112 cm³/mol. The molecule has 0 spiro atoms. The zero-order valence-electron chi connectivity index (χ0n) is 15.6. The lowest BCUT2D eigenvalue weighted by Gasteiger charge is -2.14. The molecule has 10 heteroatoms. The van der Waals surface area contributed by atoms with E-state index in [9.17, 15) is 23.1 Å². The number of halogens is 1. The molecule has 2 heterocycles. The van der Waals surface area contributed by atoms with E-state index in [0.717, 1.165) is 0 Å². The number of benzene rings is 2. The maximum Gasteiger partial charge on any atom is 0.352 e. The Morgan fingerprint density at radius 3 is 2.70 bits per heavy atom. The van der Waals surface area contributed by atoms with Gasteiger partial charge in [0.05, 0.1) is 11.4 Å². The summed E-state index contributed by atoms with van der Waals surface area (Å²) in [6.45, 7) is 1.75. The van der Waals surface area contributed by atoms with Gasteiger partial charge < -0.3 is 15.0 Å². The monoisotopic (exact) mass is 445 g/mol. The lowest BCUT2D eigenvalue weighted by molar-refractivity contribution is -0.115. The number of aryl methyl sites for hydroxylation is 1. The molecule has 30 heavy (non-hydrogen) atoms. The SMILES string of the molecule is Cc1cc(NS(=O)(=O)c2cc3c(cc2Cl)NC(=O)C3)ccc1-n1cccc1C(=O)O. The summed E-state index contributed by atoms with van der Waals surface area (Å²) in [6, 6.07) is 10.7. The number of hydrogen-bond acceptors (Lipinski definition) is 4. The van der Waals surface area contributed by atoms with Crippen molar-refractivity contribution in [1.82, 2.24) is 4.57 Å². The van der Waals surface area contributed by atoms with Crippen LogP contribution in [-0.2, 0) is 21.2 Å². The van der Waals surface area contributed by atoms with Gasteiger partial charge in [-0.1, -0.05) is 11.6 Å². The minimum atomic E-state index is -4.01. The van der Waals surface area contributed by atoms with Gasteiger partial charge in [-0.3, -0.25) is 9.52 Å². The molecule has 0 fully saturated rings. The fourth-order valence-electron chi connectivity index (χ4n) is 3.40. The highest BCUT2D eigenvalue weighted by molar-refractivity contribution is 7.92. The Kier molecular flexibility index (Phi) is 4.79. The van der Waals surface area contributed by atoms with Crippen LogP contribution in [0.15, 0.2) is 53.6 Å². The number of hydrogen-bond donors (Lipinski definition) is 3. The van der Waals surface area contributed by atoms with E-state index < -0.39 is 16.0 Å². The number of nitrogens with zero attached hydrogens (tertiary/aromatic N) is 1. The van der Waals surface area contributed by atoms with Gasteiger partial charge in [-0.2, -0.15) is 0 Å². The molecule has 0 radical (unpaired) electrons. The molecule has 1 aliphatic rings. The molecule has 1 amide bonds. The second-order valence-corrected chi connectivity index (χ2v) is 8.90. The van der Waals surface area contributed by atoms with Crippen molar-refractivity contribution in [1.29, 1.82) is 0 Å². The number of carboxylic acids is 1. The highest BCUT2D eigenvalue weighted by atomic mass is 35.5. The molecule has 2 aromatic carbocycles. The van der Waals surface area contributed by atoms with Crippen LogP contribution in [0, 0.1) is 6.92 Å². The summed E-state index contributed by atoms with van der Waals surface area (Å²) >= 11 is 6.15. The van der Waals surface area contributed by atoms with Crippen molar-refractivity contribution in [3.63, 3.8) is 0 Å². The molecule has 154 valence electrons. The van der Waals surface area contributed by atoms with E-state index in [4.69, 9.17) is 11.6 Å². The van der Waals surface area contributed by atoms with Crippen molar-refractivity contribution >= 4 is 44.9 Å². The first-order valence-electron chi connectivity index (χ1n) is 8.82. The third kappa shape index (κ3) is 3.53. The van der Waals surface area contributed by atoms with Gasteiger partial charge in [0.1, 0.15) is 10.6 Å². The Balaban J connectivity index is 1.66. The Morgan fingerprint density at radius 1 is 1.23 bits per heavy atom. The number of aromatic carboxylic acids is 1. The van der Waals surface area contributed by atoms with Crippen LogP contribution < -0.4 is 10.0 Å². The van der Waals surface area contributed by atoms with E-state index >= 15 is 0 Å². The average Bonchev–Trinajstić information content (AvgIpc) is 3.26. The number of carbonyl (C=O) groups excluding carboxylic acids is 1. The molecule has 0 unspecified atom stereocenters. The number of rotatable bonds is 5. The van der Waals surface area contributed by atoms with Crippen molar-refractivity contribution in [2.75, 3.05) is 10.0 Å². The Bertz CT molecular complexity index is 1310. The van der Waals surface area contributed by atoms with Gasteiger partial charge in [0, 0.05) is 23.3 Å². The fourth-order valence-corrected chi connectivity index (χ4v) is 5.02. The van der Waals surface area contributed by atoms with Crippen molar-refractivity contribution in [2.45, 2.75) is 18.2 Å². The van der Waals surface area contributed by atoms with Gasteiger partial charge in [-0.15, -0.1) is 0 Å². The number of amides is 1. The largest absolute Gasteiger partial charge is 0.477 e. The molecule has 3 aromatic rings. The molecule has 0 saturated carbocycles. The number of aromatic nitrogens is 1. The normalized spacial score (nSPS) is 13.1. The van der Waals surface area contributed by atoms with Crippen LogP contribution >= 0.6 is 11.6 Å². The first-order valence-corrected chi connectivity index (χ1v) is 10.7. The minimum absolute atomic E-state index is 0.00441. The van der Waals surface area contributed by atoms with Gasteiger partial charge in [0.25, 0.3) is 10.0 Å². The molecular formula is C20H16ClN3O5S. The summed E-state index contributed by atoms with van der Waals surface area (Å²) in [4.78, 5) is 22.8. The van der Waals surface area contributed by atoms with Crippen LogP contribution in [0.1, 0.15) is 21.6 Å². The van der Waals surface area contributed by atoms with Gasteiger partial charge in [-0.05, 0) is 60.5 Å². The zero-order valence-corrected chi connectivity index (χ0v) is 17.2. The Labute approximate surface area is 177 Å². The molecule has 1 aliphatic heterocycles. The zero-order chi connectivity index (χ0) is 21.6. The molecule has 0 saturated heterocycles. The second kappa shape index (κ2) is 7.19. The molecule has 4 rings (SSSR count). The summed E-state index contributed by atoms with van der Waals surface area (Å²) < 4.78 is 29.8. The standard InChI is InChI=1S/C20H16ClN3O5S/c1-11-7-13(4-5-16(11)24-6-2-3-17(24)20(26)27)23-30(28,29)18-8-12-9-19(25)22-15(12)10-14(18)21/h2-8,10,23H,9H2,1H3,(H,22,25)(H,26,27). The third-order valence-electron chi connectivity index (χ3n) is 4.75. The molecule has 3 N–H and O–H groups in total. The van der Waals surface area contributed by atoms with E-state index in [-0.39, 0.29) is 27.9 Å². The third-order valence-corrected chi connectivity index (χ3v) is 6.59. The van der Waals surface area contributed by atoms with Crippen molar-refractivity contribution in [2.24, 2.45) is 0 Å². The van der Waals surface area contributed by atoms with Gasteiger partial charge >= 0.3 is 5.97 Å². The Morgan fingerprint density at radius 2 is 2.00 bits per heavy atom. The number of anilines is 2. The first kappa shape index (κ1) is 20.0. The van der Waals surface area contributed by atoms with Crippen LogP contribution in [-0.4, -0.2) is 30.0 Å². The number of nitrogens with one attached hydrogen (secondary N) is 2. The van der Waals surface area contributed by atoms with Crippen LogP contribution in [0.25, 0.3) is 5.69 Å². The molecular weight excluding hydrogens is 430 g/mol. The van der Waals surface area contributed by atoms with Crippen LogP contribution in [0.3, 0.4) is 0 Å². The molecule has 1 aromatic heterocycles. The Hall–Kier alpha value is -3.30. The van der Waals surface area contributed by atoms with E-state index in [2.05, 4.69) is 10.0 Å². The number of carbonyl (C=O) groups is 2. The molecule has 8 nitrogen and oxygen atoms in total. The summed E-state index contributed by atoms with van der Waals surface area (Å²) in [5.41, 5.74) is 2.74. The van der Waals surface area contributed by atoms with Gasteiger partial charge in [-0.25, -0.2) is 13.2 Å². The van der Waals surface area contributed by atoms with Gasteiger partial charge in [0.15, 0.2) is 0 Å². The smallest absolute Gasteiger partial charge is 0.352 e. The maximum atomic E-state index is 12.9. The molecule has 0 bridgehead atoms. The summed E-state index contributed by atoms with van der Waals surface area (Å²) in [7, 11) is -4.01. The van der Waals surface area contributed by atoms with Gasteiger partial charge in [0.2, 0.25) is 5.91 Å². The quantitative estimate of drug-likeness (QED) is 0.556. The number of sulfonamides is 1. The van der Waals surface area contributed by atoms with Crippen molar-refractivity contribution in [3.05, 3.63) is 70.5 Å². The second-order valence-electron chi connectivity index (χ2n) is 6.84.